The molecule has 0 fully saturated rings. The van der Waals surface area contributed by atoms with Gasteiger partial charge in [-0.2, -0.15) is 4.99 Å². The number of guanidine groups is 1. The number of nitrogens with two attached hydrogens (primary N) is 2. The Morgan fingerprint density at radius 1 is 1.33 bits per heavy atom. The van der Waals surface area contributed by atoms with E-state index in [1.54, 1.807) is 12.1 Å². The maximum absolute atomic E-state index is 12.1. The van der Waals surface area contributed by atoms with Gasteiger partial charge in [-0.05, 0) is 11.6 Å². The van der Waals surface area contributed by atoms with E-state index in [1.165, 1.54) is 17.8 Å². The minimum atomic E-state index is -1.33. The Kier molecular flexibility index (Phi) is 6.77. The highest BCUT2D eigenvalue weighted by Gasteiger charge is 2.17. The molecular weight excluding hydrogens is 374 g/mol. The minimum absolute atomic E-state index is 0.0475. The Bertz CT molecular complexity index is 849. The van der Waals surface area contributed by atoms with E-state index in [-0.39, 0.29) is 23.3 Å². The third kappa shape index (κ3) is 6.36. The van der Waals surface area contributed by atoms with E-state index in [0.29, 0.717) is 5.56 Å². The zero-order valence-corrected chi connectivity index (χ0v) is 14.7. The van der Waals surface area contributed by atoms with E-state index in [2.05, 4.69) is 25.6 Å². The Morgan fingerprint density at radius 2 is 2.11 bits per heavy atom. The zero-order valence-electron chi connectivity index (χ0n) is 13.9. The van der Waals surface area contributed by atoms with Crippen LogP contribution in [0.5, 0.6) is 0 Å². The van der Waals surface area contributed by atoms with Crippen LogP contribution in [0, 0.1) is 0 Å². The van der Waals surface area contributed by atoms with Crippen LogP contribution in [0.4, 0.5) is 5.13 Å². The number of amides is 2. The summed E-state index contributed by atoms with van der Waals surface area (Å²) in [5.41, 5.74) is 11.0. The predicted octanol–water partition coefficient (Wildman–Crippen LogP) is -1.83. The van der Waals surface area contributed by atoms with E-state index >= 15 is 0 Å². The van der Waals surface area contributed by atoms with Crippen molar-refractivity contribution in [2.24, 2.45) is 16.5 Å². The number of hydrogen-bond donors (Lipinski definition) is 4. The highest BCUT2D eigenvalue weighted by atomic mass is 32.1. The first-order valence-corrected chi connectivity index (χ1v) is 8.45. The van der Waals surface area contributed by atoms with Gasteiger partial charge in [0.15, 0.2) is 5.96 Å². The number of aliphatic imine (C=N–C) groups is 1. The second-order valence-electron chi connectivity index (χ2n) is 5.22. The Hall–Kier alpha value is -3.54. The number of hydrogen-bond acceptors (Lipinski definition) is 8. The summed E-state index contributed by atoms with van der Waals surface area (Å²) in [4.78, 5) is 46.5. The van der Waals surface area contributed by atoms with Crippen molar-refractivity contribution in [2.75, 3.05) is 6.54 Å². The summed E-state index contributed by atoms with van der Waals surface area (Å²) in [5.74, 6) is -2.71. The van der Waals surface area contributed by atoms with Crippen LogP contribution >= 0.6 is 11.3 Å². The van der Waals surface area contributed by atoms with E-state index in [4.69, 9.17) is 11.5 Å². The zero-order chi connectivity index (χ0) is 19.8. The average molecular weight is 390 g/mol. The molecule has 2 heterocycles. The Labute approximate surface area is 157 Å². The van der Waals surface area contributed by atoms with Gasteiger partial charge in [-0.3, -0.25) is 14.6 Å². The number of carbonyl (C=O) groups excluding carboxylic acids is 3. The van der Waals surface area contributed by atoms with Crippen LogP contribution in [-0.4, -0.2) is 40.3 Å². The fourth-order valence-electron chi connectivity index (χ4n) is 2.03. The van der Waals surface area contributed by atoms with E-state index in [1.807, 2.05) is 0 Å². The summed E-state index contributed by atoms with van der Waals surface area (Å²) in [7, 11) is 0. The molecule has 0 saturated carbocycles. The molecular formula is C15H16N7O4S-. The fourth-order valence-corrected chi connectivity index (χ4v) is 2.71. The number of carboxylic acid groups (broad SMARTS) is 1. The lowest BCUT2D eigenvalue weighted by Gasteiger charge is -2.19. The summed E-state index contributed by atoms with van der Waals surface area (Å²) in [6.07, 6.45) is 2.53. The summed E-state index contributed by atoms with van der Waals surface area (Å²) >= 11 is 1.06. The van der Waals surface area contributed by atoms with Crippen molar-refractivity contribution in [3.63, 3.8) is 0 Å². The summed E-state index contributed by atoms with van der Waals surface area (Å²) in [5, 5.41) is 17.4. The summed E-state index contributed by atoms with van der Waals surface area (Å²) in [6, 6.07) is 2.41. The molecule has 2 aromatic heterocycles. The van der Waals surface area contributed by atoms with Gasteiger partial charge in [-0.25, -0.2) is 4.98 Å². The number of nitrogens with one attached hydrogen (secondary N) is 2. The average Bonchev–Trinajstić information content (AvgIpc) is 3.07. The molecule has 2 aromatic rings. The molecule has 2 rings (SSSR count). The molecule has 0 aliphatic rings. The normalized spacial score (nSPS) is 11.3. The van der Waals surface area contributed by atoms with Crippen LogP contribution in [-0.2, 0) is 9.59 Å². The van der Waals surface area contributed by atoms with Gasteiger partial charge in [0, 0.05) is 30.2 Å². The predicted molar refractivity (Wildman–Crippen MR) is 94.7 cm³/mol. The van der Waals surface area contributed by atoms with Crippen molar-refractivity contribution in [1.82, 2.24) is 20.6 Å². The van der Waals surface area contributed by atoms with Crippen LogP contribution in [0.3, 0.4) is 0 Å². The van der Waals surface area contributed by atoms with Crippen molar-refractivity contribution in [1.29, 1.82) is 0 Å². The number of carboxylic acids is 1. The molecule has 27 heavy (non-hydrogen) atoms. The third-order valence-corrected chi connectivity index (χ3v) is 3.89. The molecule has 0 aliphatic carbocycles. The smallest absolute Gasteiger partial charge is 0.271 e. The van der Waals surface area contributed by atoms with Gasteiger partial charge in [-0.1, -0.05) is 6.07 Å². The van der Waals surface area contributed by atoms with Gasteiger partial charge >= 0.3 is 0 Å². The molecule has 12 heteroatoms. The first-order valence-electron chi connectivity index (χ1n) is 7.57. The monoisotopic (exact) mass is 390 g/mol. The molecule has 2 amide bonds. The maximum Gasteiger partial charge on any atom is 0.271 e. The number of nitrogens with zero attached hydrogens (tertiary/aromatic N) is 3. The van der Waals surface area contributed by atoms with Crippen LogP contribution < -0.4 is 27.2 Å². The molecule has 1 unspecified atom stereocenters. The first kappa shape index (κ1) is 19.8. The highest BCUT2D eigenvalue weighted by Crippen LogP contribution is 2.18. The minimum Gasteiger partial charge on any atom is -0.550 e. The second kappa shape index (κ2) is 9.24. The van der Waals surface area contributed by atoms with Crippen LogP contribution in [0.15, 0.2) is 34.9 Å². The molecule has 11 nitrogen and oxygen atoms in total. The number of rotatable bonds is 8. The van der Waals surface area contributed by atoms with Crippen LogP contribution in [0.2, 0.25) is 0 Å². The third-order valence-electron chi connectivity index (χ3n) is 3.15. The number of aromatic nitrogens is 2. The molecule has 0 bridgehead atoms. The van der Waals surface area contributed by atoms with Crippen LogP contribution in [0.1, 0.15) is 28.5 Å². The highest BCUT2D eigenvalue weighted by molar-refractivity contribution is 7.13. The van der Waals surface area contributed by atoms with Crippen molar-refractivity contribution >= 4 is 40.2 Å². The first-order chi connectivity index (χ1) is 12.8. The fraction of sp³-hybridized carbons (Fsp3) is 0.200. The quantitative estimate of drug-likeness (QED) is 0.299. The Balaban J connectivity index is 1.93. The molecule has 142 valence electrons. The number of pyridine rings is 1. The van der Waals surface area contributed by atoms with Crippen LogP contribution in [0.25, 0.3) is 0 Å². The lowest BCUT2D eigenvalue weighted by atomic mass is 10.1. The van der Waals surface area contributed by atoms with Crippen molar-refractivity contribution in [3.05, 3.63) is 41.2 Å². The number of thiazole rings is 1. The standard InChI is InChI=1S/C15H17N7O4S/c16-14(17)22-15-21-10(7-27-15)13(26)19-6-11(23)20-9(4-12(24)25)8-2-1-3-18-5-8/h1-3,5,7,9H,4,6H2,(H,19,26)(H,20,23)(H,24,25)(H4,16,17,21,22)/p-1. The lowest BCUT2D eigenvalue weighted by molar-refractivity contribution is -0.306. The topological polar surface area (TPSA) is 189 Å². The SMILES string of the molecule is NC(N)=Nc1nc(C(=O)NCC(=O)NC(CC(=O)[O-])c2cccnc2)cs1. The van der Waals surface area contributed by atoms with Gasteiger partial charge in [0.25, 0.3) is 5.91 Å². The van der Waals surface area contributed by atoms with Gasteiger partial charge in [0.05, 0.1) is 12.6 Å². The molecule has 0 saturated heterocycles. The van der Waals surface area contributed by atoms with Gasteiger partial charge in [0.2, 0.25) is 11.0 Å². The summed E-state index contributed by atoms with van der Waals surface area (Å²) < 4.78 is 0. The Morgan fingerprint density at radius 3 is 2.74 bits per heavy atom. The van der Waals surface area contributed by atoms with Gasteiger partial charge in [-0.15, -0.1) is 11.3 Å². The van der Waals surface area contributed by atoms with E-state index < -0.39 is 30.2 Å². The summed E-state index contributed by atoms with van der Waals surface area (Å²) in [6.45, 7) is -0.377. The molecule has 0 spiro atoms. The number of aliphatic carboxylic acids is 1. The molecule has 0 aliphatic heterocycles. The largest absolute Gasteiger partial charge is 0.550 e. The van der Waals surface area contributed by atoms with Crippen molar-refractivity contribution in [2.45, 2.75) is 12.5 Å². The molecule has 0 radical (unpaired) electrons. The van der Waals surface area contributed by atoms with E-state index in [9.17, 15) is 19.5 Å². The van der Waals surface area contributed by atoms with Gasteiger partial charge in [0.1, 0.15) is 5.69 Å². The van der Waals surface area contributed by atoms with Crippen molar-refractivity contribution < 1.29 is 19.5 Å². The van der Waals surface area contributed by atoms with Crippen molar-refractivity contribution in [3.8, 4) is 0 Å². The second-order valence-corrected chi connectivity index (χ2v) is 6.05. The van der Waals surface area contributed by atoms with Gasteiger partial charge < -0.3 is 32.0 Å². The number of carbonyl (C=O) groups is 3. The van der Waals surface area contributed by atoms with E-state index in [0.717, 1.165) is 11.3 Å². The maximum atomic E-state index is 12.1. The molecule has 0 aromatic carbocycles. The lowest BCUT2D eigenvalue weighted by Crippen LogP contribution is -2.40. The molecule has 6 N–H and O–H groups in total. The molecule has 1 atom stereocenters.